The first-order valence-electron chi connectivity index (χ1n) is 13.2. The lowest BCUT2D eigenvalue weighted by Gasteiger charge is -2.20. The van der Waals surface area contributed by atoms with Gasteiger partial charge in [0.2, 0.25) is 0 Å². The number of pyridine rings is 1. The van der Waals surface area contributed by atoms with E-state index in [-0.39, 0.29) is 34.7 Å². The van der Waals surface area contributed by atoms with Crippen LogP contribution in [0.5, 0.6) is 0 Å². The first kappa shape index (κ1) is 34.1. The Morgan fingerprint density at radius 1 is 0.977 bits per heavy atom. The molecule has 2 aromatic carbocycles. The van der Waals surface area contributed by atoms with Crippen LogP contribution in [-0.4, -0.2) is 24.5 Å². The van der Waals surface area contributed by atoms with Gasteiger partial charge in [0.1, 0.15) is 5.69 Å². The summed E-state index contributed by atoms with van der Waals surface area (Å²) in [5.74, 6) is -3.02. The Balaban J connectivity index is 2.09. The lowest BCUT2D eigenvalue weighted by Crippen LogP contribution is -2.22. The number of anilines is 1. The molecular formula is C30H30F8N3OP. The minimum atomic E-state index is -4.77. The lowest BCUT2D eigenvalue weighted by molar-refractivity contribution is -0.141. The molecule has 0 aliphatic rings. The van der Waals surface area contributed by atoms with Crippen LogP contribution in [0.4, 0.5) is 40.8 Å². The molecule has 1 aromatic heterocycles. The highest BCUT2D eigenvalue weighted by atomic mass is 31.0. The molecule has 0 saturated carbocycles. The monoisotopic (exact) mass is 631 g/mol. The minimum absolute atomic E-state index is 0.0927. The molecule has 1 heterocycles. The number of hydrogen-bond acceptors (Lipinski definition) is 3. The number of carbonyl (C=O) groups excluding carboxylic acids is 1. The van der Waals surface area contributed by atoms with Gasteiger partial charge in [0.15, 0.2) is 11.6 Å². The van der Waals surface area contributed by atoms with Gasteiger partial charge in [-0.05, 0) is 86.5 Å². The highest BCUT2D eigenvalue weighted by Crippen LogP contribution is 2.37. The molecule has 3 aromatic rings. The van der Waals surface area contributed by atoms with Crippen LogP contribution in [0.2, 0.25) is 0 Å². The van der Waals surface area contributed by atoms with Gasteiger partial charge < -0.3 is 10.6 Å². The zero-order chi connectivity index (χ0) is 32.1. The van der Waals surface area contributed by atoms with E-state index < -0.39 is 41.2 Å². The summed E-state index contributed by atoms with van der Waals surface area (Å²) in [5, 5.41) is 5.94. The molecule has 2 unspecified atom stereocenters. The van der Waals surface area contributed by atoms with Crippen molar-refractivity contribution in [1.82, 2.24) is 10.3 Å². The fraction of sp³-hybridized carbons (Fsp3) is 0.333. The summed E-state index contributed by atoms with van der Waals surface area (Å²) in [4.78, 5) is 17.1. The van der Waals surface area contributed by atoms with E-state index in [9.17, 15) is 39.9 Å². The topological polar surface area (TPSA) is 54.0 Å². The van der Waals surface area contributed by atoms with E-state index in [0.717, 1.165) is 42.9 Å². The van der Waals surface area contributed by atoms with Crippen LogP contribution in [0.1, 0.15) is 43.5 Å². The fourth-order valence-electron chi connectivity index (χ4n) is 4.43. The van der Waals surface area contributed by atoms with Crippen LogP contribution >= 0.6 is 9.24 Å². The van der Waals surface area contributed by atoms with E-state index in [0.29, 0.717) is 41.5 Å². The number of hydrogen-bond donors (Lipinski definition) is 2. The summed E-state index contributed by atoms with van der Waals surface area (Å²) in [7, 11) is 4.08. The maximum atomic E-state index is 14.1. The molecule has 3 rings (SSSR count). The van der Waals surface area contributed by atoms with Crippen LogP contribution in [0.25, 0.3) is 11.1 Å². The van der Waals surface area contributed by atoms with E-state index in [1.54, 1.807) is 14.0 Å². The van der Waals surface area contributed by atoms with E-state index in [1.165, 1.54) is 0 Å². The van der Waals surface area contributed by atoms with Gasteiger partial charge in [-0.15, -0.1) is 9.24 Å². The predicted octanol–water partition coefficient (Wildman–Crippen LogP) is 7.70. The van der Waals surface area contributed by atoms with Gasteiger partial charge in [-0.1, -0.05) is 18.6 Å². The van der Waals surface area contributed by atoms with E-state index in [1.807, 2.05) is 6.92 Å². The molecule has 0 aliphatic heterocycles. The second kappa shape index (κ2) is 13.9. The van der Waals surface area contributed by atoms with Gasteiger partial charge in [-0.25, -0.2) is 8.78 Å². The number of benzene rings is 2. The number of nitrogens with one attached hydrogen (secondary N) is 2. The molecule has 0 aliphatic carbocycles. The van der Waals surface area contributed by atoms with Crippen molar-refractivity contribution in [2.45, 2.75) is 45.5 Å². The second-order valence-corrected chi connectivity index (χ2v) is 10.7. The average Bonchev–Trinajstić information content (AvgIpc) is 2.93. The number of allylic oxidation sites excluding steroid dienone is 1. The van der Waals surface area contributed by atoms with Crippen LogP contribution in [-0.2, 0) is 23.6 Å². The quantitative estimate of drug-likeness (QED) is 0.104. The van der Waals surface area contributed by atoms with E-state index in [2.05, 4.69) is 24.9 Å². The zero-order valence-electron chi connectivity index (χ0n) is 23.5. The first-order chi connectivity index (χ1) is 20.0. The molecule has 0 radical (unpaired) electrons. The maximum absolute atomic E-state index is 14.1. The van der Waals surface area contributed by atoms with Crippen LogP contribution in [0.3, 0.4) is 0 Å². The van der Waals surface area contributed by atoms with Crippen molar-refractivity contribution in [3.63, 3.8) is 0 Å². The third kappa shape index (κ3) is 8.83. The van der Waals surface area contributed by atoms with Gasteiger partial charge in [-0.2, -0.15) is 26.3 Å². The zero-order valence-corrected chi connectivity index (χ0v) is 24.6. The van der Waals surface area contributed by atoms with Crippen LogP contribution in [0, 0.1) is 17.6 Å². The summed E-state index contributed by atoms with van der Waals surface area (Å²) in [5.41, 5.74) is -1.61. The Bertz CT molecular complexity index is 1480. The van der Waals surface area contributed by atoms with Gasteiger partial charge in [-0.3, -0.25) is 9.78 Å². The standard InChI is InChI=1S/C30H30F8N3OP/c1-16(5-4-10-39-3)17(2)21(11-19-12-23(31)24(32)14-26(19)43)28(42)41-25-8-7-20(29(33,34)35)13-22(25)18-6-9-27(40-15-18)30(36,37)38/h6-9,12-16,39H,4-5,10-11,43H2,1-3H3,(H,41,42)/b21-17+. The summed E-state index contributed by atoms with van der Waals surface area (Å²) < 4.78 is 108. The van der Waals surface area contributed by atoms with Gasteiger partial charge >= 0.3 is 12.4 Å². The largest absolute Gasteiger partial charge is 0.433 e. The first-order valence-corrected chi connectivity index (χ1v) is 13.7. The normalized spacial score (nSPS) is 13.5. The number of nitrogens with zero attached hydrogens (tertiary/aromatic N) is 1. The van der Waals surface area contributed by atoms with Crippen LogP contribution in [0.15, 0.2) is 59.8 Å². The molecule has 1 amide bonds. The van der Waals surface area contributed by atoms with Crippen molar-refractivity contribution in [3.8, 4) is 11.1 Å². The summed E-state index contributed by atoms with van der Waals surface area (Å²) in [6.07, 6.45) is -7.43. The Morgan fingerprint density at radius 2 is 1.65 bits per heavy atom. The molecule has 43 heavy (non-hydrogen) atoms. The molecule has 2 N–H and O–H groups in total. The molecule has 4 nitrogen and oxygen atoms in total. The van der Waals surface area contributed by atoms with Crippen molar-refractivity contribution in [2.24, 2.45) is 5.92 Å². The number of alkyl halides is 6. The Hall–Kier alpha value is -3.37. The SMILES string of the molecule is CNCCCC(C)/C(C)=C(\Cc1cc(F)c(F)cc1P)C(=O)Nc1ccc(C(F)(F)F)cc1-c1ccc(C(F)(F)F)nc1. The molecular weight excluding hydrogens is 601 g/mol. The van der Waals surface area contributed by atoms with Crippen molar-refractivity contribution >= 4 is 26.1 Å². The molecule has 0 spiro atoms. The predicted molar refractivity (Wildman–Crippen MR) is 153 cm³/mol. The molecule has 13 heteroatoms. The van der Waals surface area contributed by atoms with Crippen molar-refractivity contribution in [2.75, 3.05) is 18.9 Å². The molecule has 0 bridgehead atoms. The van der Waals surface area contributed by atoms with Crippen molar-refractivity contribution in [1.29, 1.82) is 0 Å². The smallest absolute Gasteiger partial charge is 0.322 e. The highest BCUT2D eigenvalue weighted by molar-refractivity contribution is 7.27. The summed E-state index contributed by atoms with van der Waals surface area (Å²) in [6, 6.07) is 6.01. The van der Waals surface area contributed by atoms with Gasteiger partial charge in [0.05, 0.1) is 5.56 Å². The molecule has 0 fully saturated rings. The Kier molecular flexibility index (Phi) is 11.1. The molecule has 2 atom stereocenters. The maximum Gasteiger partial charge on any atom is 0.433 e. The third-order valence-electron chi connectivity index (χ3n) is 7.06. The number of aromatic nitrogens is 1. The minimum Gasteiger partial charge on any atom is -0.322 e. The lowest BCUT2D eigenvalue weighted by atomic mass is 9.89. The summed E-state index contributed by atoms with van der Waals surface area (Å²) in [6.45, 7) is 4.32. The van der Waals surface area contributed by atoms with Crippen molar-refractivity contribution < 1.29 is 39.9 Å². The Labute approximate surface area is 246 Å². The van der Waals surface area contributed by atoms with Crippen LogP contribution < -0.4 is 15.9 Å². The summed E-state index contributed by atoms with van der Waals surface area (Å²) >= 11 is 0. The number of rotatable bonds is 10. The second-order valence-electron chi connectivity index (χ2n) is 10.1. The van der Waals surface area contributed by atoms with Gasteiger partial charge in [0, 0.05) is 35.0 Å². The number of carbonyl (C=O) groups is 1. The Morgan fingerprint density at radius 3 is 2.23 bits per heavy atom. The molecule has 232 valence electrons. The van der Waals surface area contributed by atoms with Gasteiger partial charge in [0.25, 0.3) is 5.91 Å². The third-order valence-corrected chi connectivity index (χ3v) is 7.60. The van der Waals surface area contributed by atoms with Crippen molar-refractivity contribution in [3.05, 3.63) is 88.3 Å². The number of amides is 1. The van der Waals surface area contributed by atoms with E-state index >= 15 is 0 Å². The fourth-order valence-corrected chi connectivity index (χ4v) is 4.76. The average molecular weight is 632 g/mol. The molecule has 0 saturated heterocycles. The van der Waals surface area contributed by atoms with E-state index in [4.69, 9.17) is 0 Å². The number of halogens is 8. The highest BCUT2D eigenvalue weighted by Gasteiger charge is 2.33.